The number of nitrogens with two attached hydrogens (primary N) is 1. The summed E-state index contributed by atoms with van der Waals surface area (Å²) in [5.74, 6) is -0.890. The standard InChI is InChI=1S/C11H20N2O3/c1-8(2)16-6-4-5-13-11(15)9(3)7-10(12)14/h7-8H,4-6H2,1-3H3,(H2,12,14)(H,13,15). The third-order valence-corrected chi connectivity index (χ3v) is 1.77. The minimum absolute atomic E-state index is 0.201. The van der Waals surface area contributed by atoms with Gasteiger partial charge >= 0.3 is 0 Å². The average Bonchev–Trinajstić information content (AvgIpc) is 2.15. The van der Waals surface area contributed by atoms with Crippen molar-refractivity contribution in [3.05, 3.63) is 11.6 Å². The molecule has 0 bridgehead atoms. The van der Waals surface area contributed by atoms with E-state index in [1.807, 2.05) is 13.8 Å². The van der Waals surface area contributed by atoms with Crippen molar-refractivity contribution in [1.82, 2.24) is 5.32 Å². The molecule has 0 aliphatic rings. The second-order valence-electron chi connectivity index (χ2n) is 3.76. The molecule has 5 heteroatoms. The fourth-order valence-corrected chi connectivity index (χ4v) is 1.01. The summed E-state index contributed by atoms with van der Waals surface area (Å²) >= 11 is 0. The van der Waals surface area contributed by atoms with Crippen LogP contribution in [0.4, 0.5) is 0 Å². The normalized spacial score (nSPS) is 11.6. The highest BCUT2D eigenvalue weighted by Crippen LogP contribution is 1.93. The van der Waals surface area contributed by atoms with Gasteiger partial charge in [0.15, 0.2) is 0 Å². The first-order valence-electron chi connectivity index (χ1n) is 5.31. The van der Waals surface area contributed by atoms with Crippen molar-refractivity contribution in [2.45, 2.75) is 33.3 Å². The van der Waals surface area contributed by atoms with Gasteiger partial charge in [0.1, 0.15) is 0 Å². The van der Waals surface area contributed by atoms with E-state index < -0.39 is 5.91 Å². The van der Waals surface area contributed by atoms with Crippen LogP contribution in [0.5, 0.6) is 0 Å². The van der Waals surface area contributed by atoms with Crippen LogP contribution in [0.3, 0.4) is 0 Å². The molecule has 0 fully saturated rings. The van der Waals surface area contributed by atoms with Crippen LogP contribution in [0, 0.1) is 0 Å². The molecular weight excluding hydrogens is 208 g/mol. The quantitative estimate of drug-likeness (QED) is 0.487. The third kappa shape index (κ3) is 7.99. The highest BCUT2D eigenvalue weighted by Gasteiger charge is 2.04. The second kappa shape index (κ2) is 7.87. The topological polar surface area (TPSA) is 81.4 Å². The summed E-state index contributed by atoms with van der Waals surface area (Å²) in [6.45, 7) is 6.59. The molecule has 0 unspecified atom stereocenters. The molecule has 0 aromatic heterocycles. The Hall–Kier alpha value is -1.36. The molecule has 0 aliphatic heterocycles. The number of hydrogen-bond donors (Lipinski definition) is 2. The van der Waals surface area contributed by atoms with Crippen molar-refractivity contribution in [1.29, 1.82) is 0 Å². The predicted molar refractivity (Wildman–Crippen MR) is 61.7 cm³/mol. The van der Waals surface area contributed by atoms with Crippen LogP contribution in [0.25, 0.3) is 0 Å². The van der Waals surface area contributed by atoms with Crippen molar-refractivity contribution in [3.63, 3.8) is 0 Å². The SMILES string of the molecule is CC(=CC(N)=O)C(=O)NCCCOC(C)C. The Kier molecular flexibility index (Phi) is 7.20. The molecule has 0 rings (SSSR count). The smallest absolute Gasteiger partial charge is 0.247 e. The molecule has 2 amide bonds. The van der Waals surface area contributed by atoms with E-state index in [9.17, 15) is 9.59 Å². The highest BCUT2D eigenvalue weighted by atomic mass is 16.5. The lowest BCUT2D eigenvalue weighted by Gasteiger charge is -2.08. The van der Waals surface area contributed by atoms with E-state index in [-0.39, 0.29) is 12.0 Å². The molecule has 0 spiro atoms. The summed E-state index contributed by atoms with van der Waals surface area (Å²) in [7, 11) is 0. The minimum atomic E-state index is -0.615. The lowest BCUT2D eigenvalue weighted by Crippen LogP contribution is -2.27. The fourth-order valence-electron chi connectivity index (χ4n) is 1.01. The molecule has 3 N–H and O–H groups in total. The van der Waals surface area contributed by atoms with Gasteiger partial charge < -0.3 is 15.8 Å². The Bertz CT molecular complexity index is 272. The van der Waals surface area contributed by atoms with E-state index in [2.05, 4.69) is 5.32 Å². The summed E-state index contributed by atoms with van der Waals surface area (Å²) in [4.78, 5) is 21.9. The molecule has 0 aliphatic carbocycles. The zero-order valence-corrected chi connectivity index (χ0v) is 10.1. The van der Waals surface area contributed by atoms with Crippen LogP contribution in [0.1, 0.15) is 27.2 Å². The van der Waals surface area contributed by atoms with E-state index in [1.165, 1.54) is 0 Å². The van der Waals surface area contributed by atoms with E-state index >= 15 is 0 Å². The number of rotatable bonds is 7. The number of carbonyl (C=O) groups is 2. The molecule has 0 aromatic carbocycles. The summed E-state index contributed by atoms with van der Waals surface area (Å²) in [5.41, 5.74) is 5.24. The van der Waals surface area contributed by atoms with Crippen LogP contribution in [0.2, 0.25) is 0 Å². The van der Waals surface area contributed by atoms with Crippen molar-refractivity contribution >= 4 is 11.8 Å². The van der Waals surface area contributed by atoms with Gasteiger partial charge in [-0.1, -0.05) is 0 Å². The van der Waals surface area contributed by atoms with Crippen LogP contribution in [-0.4, -0.2) is 31.1 Å². The molecular formula is C11H20N2O3. The second-order valence-corrected chi connectivity index (χ2v) is 3.76. The zero-order valence-electron chi connectivity index (χ0n) is 10.1. The van der Waals surface area contributed by atoms with Crippen molar-refractivity contribution in [2.75, 3.05) is 13.2 Å². The molecule has 16 heavy (non-hydrogen) atoms. The van der Waals surface area contributed by atoms with Gasteiger partial charge in [-0.2, -0.15) is 0 Å². The van der Waals surface area contributed by atoms with Gasteiger partial charge in [0.05, 0.1) is 6.10 Å². The summed E-state index contributed by atoms with van der Waals surface area (Å²) < 4.78 is 5.31. The van der Waals surface area contributed by atoms with Gasteiger partial charge in [0, 0.05) is 24.8 Å². The van der Waals surface area contributed by atoms with E-state index in [1.54, 1.807) is 6.92 Å². The summed E-state index contributed by atoms with van der Waals surface area (Å²) in [5, 5.41) is 2.67. The highest BCUT2D eigenvalue weighted by molar-refractivity contribution is 5.99. The van der Waals surface area contributed by atoms with E-state index in [0.717, 1.165) is 12.5 Å². The summed E-state index contributed by atoms with van der Waals surface area (Å²) in [6.07, 6.45) is 2.06. The maximum absolute atomic E-state index is 11.3. The van der Waals surface area contributed by atoms with Gasteiger partial charge in [0.2, 0.25) is 11.8 Å². The van der Waals surface area contributed by atoms with E-state index in [4.69, 9.17) is 10.5 Å². The van der Waals surface area contributed by atoms with Crippen molar-refractivity contribution in [3.8, 4) is 0 Å². The maximum atomic E-state index is 11.3. The number of carbonyl (C=O) groups excluding carboxylic acids is 2. The number of nitrogens with one attached hydrogen (secondary N) is 1. The van der Waals surface area contributed by atoms with Crippen LogP contribution in [0.15, 0.2) is 11.6 Å². The van der Waals surface area contributed by atoms with E-state index in [0.29, 0.717) is 18.7 Å². The first-order valence-corrected chi connectivity index (χ1v) is 5.31. The summed E-state index contributed by atoms with van der Waals surface area (Å²) in [6, 6.07) is 0. The van der Waals surface area contributed by atoms with Gasteiger partial charge in [0.25, 0.3) is 0 Å². The number of ether oxygens (including phenoxy) is 1. The first kappa shape index (κ1) is 14.6. The number of primary amides is 1. The molecule has 0 saturated carbocycles. The maximum Gasteiger partial charge on any atom is 0.247 e. The lowest BCUT2D eigenvalue weighted by atomic mass is 10.2. The van der Waals surface area contributed by atoms with Crippen LogP contribution < -0.4 is 11.1 Å². The van der Waals surface area contributed by atoms with Gasteiger partial charge in [-0.15, -0.1) is 0 Å². The lowest BCUT2D eigenvalue weighted by molar-refractivity contribution is -0.118. The minimum Gasteiger partial charge on any atom is -0.379 e. The van der Waals surface area contributed by atoms with Gasteiger partial charge in [-0.05, 0) is 27.2 Å². The Labute approximate surface area is 96.0 Å². The first-order chi connectivity index (χ1) is 7.43. The number of amides is 2. The molecule has 0 saturated heterocycles. The largest absolute Gasteiger partial charge is 0.379 e. The van der Waals surface area contributed by atoms with Gasteiger partial charge in [-0.25, -0.2) is 0 Å². The van der Waals surface area contributed by atoms with Crippen LogP contribution >= 0.6 is 0 Å². The number of hydrogen-bond acceptors (Lipinski definition) is 3. The predicted octanol–water partition coefficient (Wildman–Crippen LogP) is 0.349. The Balaban J connectivity index is 3.70. The third-order valence-electron chi connectivity index (χ3n) is 1.77. The molecule has 0 atom stereocenters. The monoisotopic (exact) mass is 228 g/mol. The Morgan fingerprint density at radius 2 is 2.06 bits per heavy atom. The van der Waals surface area contributed by atoms with Gasteiger partial charge in [-0.3, -0.25) is 9.59 Å². The zero-order chi connectivity index (χ0) is 12.6. The molecule has 5 nitrogen and oxygen atoms in total. The Morgan fingerprint density at radius 3 is 2.56 bits per heavy atom. The molecule has 0 aromatic rings. The van der Waals surface area contributed by atoms with Crippen molar-refractivity contribution in [2.24, 2.45) is 5.73 Å². The van der Waals surface area contributed by atoms with Crippen LogP contribution in [-0.2, 0) is 14.3 Å². The molecule has 92 valence electrons. The Morgan fingerprint density at radius 1 is 1.44 bits per heavy atom. The fraction of sp³-hybridized carbons (Fsp3) is 0.636. The average molecular weight is 228 g/mol. The molecule has 0 radical (unpaired) electrons. The molecule has 0 heterocycles. The van der Waals surface area contributed by atoms with Crippen molar-refractivity contribution < 1.29 is 14.3 Å².